The first-order valence-corrected chi connectivity index (χ1v) is 15.8. The van der Waals surface area contributed by atoms with E-state index in [2.05, 4.69) is 37.5 Å². The van der Waals surface area contributed by atoms with Crippen LogP contribution in [-0.4, -0.2) is 47.1 Å². The van der Waals surface area contributed by atoms with Gasteiger partial charge in [-0.2, -0.15) is 0 Å². The molecule has 34 heavy (non-hydrogen) atoms. The Labute approximate surface area is 212 Å². The van der Waals surface area contributed by atoms with Crippen molar-refractivity contribution in [3.05, 3.63) is 0 Å². The summed E-state index contributed by atoms with van der Waals surface area (Å²) in [6.45, 7) is 16.5. The molecule has 2 heteroatoms. The first kappa shape index (κ1) is 24.3. The van der Waals surface area contributed by atoms with Gasteiger partial charge in [0.15, 0.2) is 0 Å². The Hall–Kier alpha value is -0.0800. The van der Waals surface area contributed by atoms with Crippen molar-refractivity contribution >= 4 is 0 Å². The highest BCUT2D eigenvalue weighted by molar-refractivity contribution is 5.24. The first-order chi connectivity index (χ1) is 16.3. The van der Waals surface area contributed by atoms with E-state index in [4.69, 9.17) is 0 Å². The second kappa shape index (κ2) is 8.75. The highest BCUT2D eigenvalue weighted by Gasteiger charge is 2.70. The summed E-state index contributed by atoms with van der Waals surface area (Å²) in [4.78, 5) is 6.19. The molecule has 2 aliphatic heterocycles. The van der Waals surface area contributed by atoms with Crippen LogP contribution in [0.4, 0.5) is 0 Å². The lowest BCUT2D eigenvalue weighted by Crippen LogP contribution is -2.80. The molecule has 0 aromatic rings. The highest BCUT2D eigenvalue weighted by atomic mass is 15.3. The van der Waals surface area contributed by atoms with Crippen LogP contribution in [-0.2, 0) is 0 Å². The fraction of sp³-hybridized carbons (Fsp3) is 1.00. The van der Waals surface area contributed by atoms with E-state index in [0.717, 1.165) is 23.7 Å². The van der Waals surface area contributed by atoms with Crippen LogP contribution in [0.5, 0.6) is 0 Å². The van der Waals surface area contributed by atoms with Gasteiger partial charge in [0.2, 0.25) is 0 Å². The molecule has 0 radical (unpaired) electrons. The number of likely N-dealkylation sites (tertiary alicyclic amines) is 2. The molecule has 4 unspecified atom stereocenters. The van der Waals surface area contributed by atoms with E-state index < -0.39 is 0 Å². The molecule has 194 valence electrons. The standard InChI is InChI=1S/C32H56N2/c1-29(2,33-21-7-5-8-22-33)32(34-23-9-6-10-24-34)19-11-13-25-15-16-26-27-14-12-18-30(27,3)20-17-28(26)31(25,32)4/h25-28H,5-24H2,1-4H3/t25-,26?,27?,28?,30+,31+,32?/m1/s1. The quantitative estimate of drug-likeness (QED) is 0.415. The van der Waals surface area contributed by atoms with Gasteiger partial charge in [0.25, 0.3) is 0 Å². The molecule has 2 saturated heterocycles. The minimum Gasteiger partial charge on any atom is -0.296 e. The Kier molecular flexibility index (Phi) is 6.24. The SMILES string of the molecule is CC(C)(N1CCCCC1)C1(N2CCCCC2)CCC[C@@H]2CCC3C4CCC[C@@]4(C)CCC3[C@]21C. The Morgan fingerprint density at radius 3 is 2.03 bits per heavy atom. The number of rotatable bonds is 3. The molecule has 6 fully saturated rings. The fourth-order valence-electron chi connectivity index (χ4n) is 12.2. The lowest BCUT2D eigenvalue weighted by molar-refractivity contribution is -0.234. The van der Waals surface area contributed by atoms with Crippen LogP contribution in [0.3, 0.4) is 0 Å². The minimum absolute atomic E-state index is 0.274. The zero-order valence-corrected chi connectivity index (χ0v) is 23.3. The van der Waals surface area contributed by atoms with Crippen LogP contribution < -0.4 is 0 Å². The number of nitrogens with zero attached hydrogens (tertiary/aromatic N) is 2. The maximum absolute atomic E-state index is 3.17. The average molecular weight is 469 g/mol. The molecular formula is C32H56N2. The van der Waals surface area contributed by atoms with Crippen LogP contribution in [0.15, 0.2) is 0 Å². The molecule has 0 aromatic heterocycles. The average Bonchev–Trinajstić information content (AvgIpc) is 3.26. The summed E-state index contributed by atoms with van der Waals surface area (Å²) in [5.74, 6) is 3.97. The topological polar surface area (TPSA) is 6.48 Å². The van der Waals surface area contributed by atoms with E-state index >= 15 is 0 Å². The van der Waals surface area contributed by atoms with Crippen LogP contribution in [0.2, 0.25) is 0 Å². The van der Waals surface area contributed by atoms with Crippen molar-refractivity contribution in [2.45, 2.75) is 142 Å². The summed E-state index contributed by atoms with van der Waals surface area (Å²) < 4.78 is 0. The van der Waals surface area contributed by atoms with Gasteiger partial charge in [-0.05, 0) is 152 Å². The van der Waals surface area contributed by atoms with Crippen LogP contribution in [0, 0.1) is 34.5 Å². The third-order valence-corrected chi connectivity index (χ3v) is 13.7. The monoisotopic (exact) mass is 468 g/mol. The minimum atomic E-state index is 0.274. The molecule has 4 aliphatic carbocycles. The molecule has 2 heterocycles. The van der Waals surface area contributed by atoms with Gasteiger partial charge in [-0.25, -0.2) is 0 Å². The molecule has 6 aliphatic rings. The lowest BCUT2D eigenvalue weighted by atomic mass is 9.38. The van der Waals surface area contributed by atoms with E-state index in [1.807, 2.05) is 0 Å². The second-order valence-corrected chi connectivity index (χ2v) is 14.9. The molecule has 0 aromatic carbocycles. The highest BCUT2D eigenvalue weighted by Crippen LogP contribution is 2.71. The van der Waals surface area contributed by atoms with Gasteiger partial charge >= 0.3 is 0 Å². The van der Waals surface area contributed by atoms with Gasteiger partial charge < -0.3 is 0 Å². The molecule has 0 bridgehead atoms. The maximum atomic E-state index is 3.17. The van der Waals surface area contributed by atoms with Crippen molar-refractivity contribution < 1.29 is 0 Å². The van der Waals surface area contributed by atoms with Gasteiger partial charge in [-0.3, -0.25) is 9.80 Å². The normalized spacial score (nSPS) is 48.7. The Balaban J connectivity index is 1.47. The van der Waals surface area contributed by atoms with E-state index in [0.29, 0.717) is 16.4 Å². The van der Waals surface area contributed by atoms with Crippen molar-refractivity contribution in [1.82, 2.24) is 9.80 Å². The summed E-state index contributed by atoms with van der Waals surface area (Å²) in [7, 11) is 0. The van der Waals surface area contributed by atoms with Crippen molar-refractivity contribution in [2.24, 2.45) is 34.5 Å². The van der Waals surface area contributed by atoms with Crippen molar-refractivity contribution in [3.63, 3.8) is 0 Å². The molecule has 0 N–H and O–H groups in total. The smallest absolute Gasteiger partial charge is 0.0446 e. The van der Waals surface area contributed by atoms with Gasteiger partial charge in [-0.1, -0.05) is 39.5 Å². The molecule has 0 amide bonds. The molecule has 0 spiro atoms. The van der Waals surface area contributed by atoms with Crippen molar-refractivity contribution in [2.75, 3.05) is 26.2 Å². The van der Waals surface area contributed by atoms with E-state index in [1.54, 1.807) is 12.8 Å². The predicted octanol–water partition coefficient (Wildman–Crippen LogP) is 7.91. The first-order valence-electron chi connectivity index (χ1n) is 15.8. The maximum Gasteiger partial charge on any atom is 0.0446 e. The van der Waals surface area contributed by atoms with Crippen LogP contribution >= 0.6 is 0 Å². The van der Waals surface area contributed by atoms with Crippen LogP contribution in [0.1, 0.15) is 130 Å². The van der Waals surface area contributed by atoms with E-state index in [1.165, 1.54) is 116 Å². The zero-order valence-electron chi connectivity index (χ0n) is 23.3. The van der Waals surface area contributed by atoms with Crippen LogP contribution in [0.25, 0.3) is 0 Å². The molecular weight excluding hydrogens is 412 g/mol. The third-order valence-electron chi connectivity index (χ3n) is 13.7. The molecule has 7 atom stereocenters. The predicted molar refractivity (Wildman–Crippen MR) is 144 cm³/mol. The van der Waals surface area contributed by atoms with Gasteiger partial charge in [-0.15, -0.1) is 0 Å². The van der Waals surface area contributed by atoms with Gasteiger partial charge in [0, 0.05) is 11.1 Å². The zero-order chi connectivity index (χ0) is 23.6. The molecule has 4 saturated carbocycles. The lowest BCUT2D eigenvalue weighted by Gasteiger charge is -2.74. The summed E-state index contributed by atoms with van der Waals surface area (Å²) in [6, 6.07) is 0. The second-order valence-electron chi connectivity index (χ2n) is 14.9. The Bertz CT molecular complexity index is 733. The fourth-order valence-corrected chi connectivity index (χ4v) is 12.2. The van der Waals surface area contributed by atoms with Crippen molar-refractivity contribution in [3.8, 4) is 0 Å². The van der Waals surface area contributed by atoms with Gasteiger partial charge in [0.1, 0.15) is 0 Å². The largest absolute Gasteiger partial charge is 0.296 e. The third kappa shape index (κ3) is 3.25. The Morgan fingerprint density at radius 1 is 0.618 bits per heavy atom. The molecule has 2 nitrogen and oxygen atoms in total. The number of fused-ring (bicyclic) bond motifs is 5. The number of piperidine rings is 2. The van der Waals surface area contributed by atoms with Crippen molar-refractivity contribution in [1.29, 1.82) is 0 Å². The Morgan fingerprint density at radius 2 is 1.29 bits per heavy atom. The molecule has 6 rings (SSSR count). The van der Waals surface area contributed by atoms with E-state index in [9.17, 15) is 0 Å². The summed E-state index contributed by atoms with van der Waals surface area (Å²) in [5, 5.41) is 0. The van der Waals surface area contributed by atoms with E-state index in [-0.39, 0.29) is 5.54 Å². The van der Waals surface area contributed by atoms with Gasteiger partial charge in [0.05, 0.1) is 0 Å². The summed E-state index contributed by atoms with van der Waals surface area (Å²) in [6.07, 6.45) is 23.9. The summed E-state index contributed by atoms with van der Waals surface area (Å²) in [5.41, 5.74) is 1.79. The summed E-state index contributed by atoms with van der Waals surface area (Å²) >= 11 is 0. The number of hydrogen-bond acceptors (Lipinski definition) is 2. The number of hydrogen-bond donors (Lipinski definition) is 0.